The average Bonchev–Trinajstić information content (AvgIpc) is 2.37. The largest absolute Gasteiger partial charge is 0.496 e. The number of ether oxygens (including phenoxy) is 2. The van der Waals surface area contributed by atoms with Crippen molar-refractivity contribution < 1.29 is 9.47 Å². The molecule has 0 heterocycles. The van der Waals surface area contributed by atoms with Crippen LogP contribution in [-0.4, -0.2) is 26.9 Å². The Morgan fingerprint density at radius 3 is 2.72 bits per heavy atom. The van der Waals surface area contributed by atoms with E-state index in [2.05, 4.69) is 25.2 Å². The van der Waals surface area contributed by atoms with Crippen LogP contribution in [0.15, 0.2) is 24.3 Å². The van der Waals surface area contributed by atoms with Gasteiger partial charge in [-0.05, 0) is 24.9 Å². The first-order valence-electron chi connectivity index (χ1n) is 6.64. The molecule has 0 saturated heterocycles. The Bertz CT molecular complexity index is 326. The normalized spacial score (nSPS) is 10.9. The molecule has 0 aromatic heterocycles. The number of hydrogen-bond donors (Lipinski definition) is 1. The van der Waals surface area contributed by atoms with E-state index in [1.54, 1.807) is 7.11 Å². The maximum absolute atomic E-state index is 5.53. The maximum Gasteiger partial charge on any atom is 0.123 e. The molecule has 0 radical (unpaired) electrons. The zero-order valence-corrected chi connectivity index (χ0v) is 11.7. The fourth-order valence-corrected chi connectivity index (χ4v) is 1.69. The molecule has 0 aliphatic rings. The van der Waals surface area contributed by atoms with Gasteiger partial charge in [0.05, 0.1) is 7.11 Å². The number of rotatable bonds is 9. The van der Waals surface area contributed by atoms with Gasteiger partial charge in [0.2, 0.25) is 0 Å². The summed E-state index contributed by atoms with van der Waals surface area (Å²) in [5.41, 5.74) is 1.20. The third kappa shape index (κ3) is 6.03. The van der Waals surface area contributed by atoms with Crippen molar-refractivity contribution in [2.75, 3.05) is 26.9 Å². The second-order valence-electron chi connectivity index (χ2n) is 4.81. The molecule has 3 nitrogen and oxygen atoms in total. The van der Waals surface area contributed by atoms with E-state index in [1.165, 1.54) is 5.56 Å². The lowest BCUT2D eigenvalue weighted by molar-refractivity contribution is 0.108. The van der Waals surface area contributed by atoms with Crippen molar-refractivity contribution in [2.24, 2.45) is 5.92 Å². The van der Waals surface area contributed by atoms with Gasteiger partial charge < -0.3 is 14.8 Å². The molecule has 0 aliphatic carbocycles. The van der Waals surface area contributed by atoms with E-state index in [0.717, 1.165) is 38.5 Å². The number of nitrogens with one attached hydrogen (secondary N) is 1. The summed E-state index contributed by atoms with van der Waals surface area (Å²) < 4.78 is 10.8. The molecule has 1 rings (SSSR count). The van der Waals surface area contributed by atoms with Crippen LogP contribution in [0.25, 0.3) is 0 Å². The van der Waals surface area contributed by atoms with E-state index in [0.29, 0.717) is 5.92 Å². The Kier molecular flexibility index (Phi) is 7.46. The van der Waals surface area contributed by atoms with Gasteiger partial charge >= 0.3 is 0 Å². The summed E-state index contributed by atoms with van der Waals surface area (Å²) in [6, 6.07) is 8.09. The van der Waals surface area contributed by atoms with Crippen LogP contribution in [-0.2, 0) is 11.3 Å². The summed E-state index contributed by atoms with van der Waals surface area (Å²) >= 11 is 0. The molecule has 0 bridgehead atoms. The quantitative estimate of drug-likeness (QED) is 0.685. The maximum atomic E-state index is 5.53. The monoisotopic (exact) mass is 251 g/mol. The molecule has 0 atom stereocenters. The highest BCUT2D eigenvalue weighted by molar-refractivity contribution is 5.32. The zero-order chi connectivity index (χ0) is 13.2. The first-order chi connectivity index (χ1) is 8.74. The van der Waals surface area contributed by atoms with Crippen LogP contribution in [0.1, 0.15) is 25.8 Å². The first-order valence-corrected chi connectivity index (χ1v) is 6.64. The standard InChI is InChI=1S/C15H25NO2/c1-13(2)12-18-10-6-9-16-11-14-7-4-5-8-15(14)17-3/h4-5,7-8,13,16H,6,9-12H2,1-3H3. The molecule has 1 aromatic rings. The third-order valence-electron chi connectivity index (χ3n) is 2.60. The average molecular weight is 251 g/mol. The molecule has 0 aliphatic heterocycles. The van der Waals surface area contributed by atoms with E-state index in [4.69, 9.17) is 9.47 Å². The van der Waals surface area contributed by atoms with Gasteiger partial charge in [0, 0.05) is 25.3 Å². The van der Waals surface area contributed by atoms with Gasteiger partial charge in [-0.1, -0.05) is 32.0 Å². The summed E-state index contributed by atoms with van der Waals surface area (Å²) in [6.07, 6.45) is 1.04. The number of methoxy groups -OCH3 is 1. The predicted octanol–water partition coefficient (Wildman–Crippen LogP) is 2.85. The minimum atomic E-state index is 0.617. The molecule has 1 aromatic carbocycles. The van der Waals surface area contributed by atoms with Gasteiger partial charge in [0.25, 0.3) is 0 Å². The van der Waals surface area contributed by atoms with Gasteiger partial charge in [-0.25, -0.2) is 0 Å². The number of benzene rings is 1. The highest BCUT2D eigenvalue weighted by Gasteiger charge is 2.00. The molecular formula is C15H25NO2. The summed E-state index contributed by atoms with van der Waals surface area (Å²) in [5, 5.41) is 3.40. The van der Waals surface area contributed by atoms with Crippen LogP contribution in [0.3, 0.4) is 0 Å². The smallest absolute Gasteiger partial charge is 0.123 e. The predicted molar refractivity (Wildman–Crippen MR) is 75.0 cm³/mol. The van der Waals surface area contributed by atoms with Crippen molar-refractivity contribution >= 4 is 0 Å². The fraction of sp³-hybridized carbons (Fsp3) is 0.600. The van der Waals surface area contributed by atoms with E-state index < -0.39 is 0 Å². The molecule has 0 saturated carbocycles. The summed E-state index contributed by atoms with van der Waals surface area (Å²) in [5.74, 6) is 1.56. The van der Waals surface area contributed by atoms with Gasteiger partial charge in [-0.15, -0.1) is 0 Å². The Morgan fingerprint density at radius 1 is 1.22 bits per heavy atom. The van der Waals surface area contributed by atoms with Crippen LogP contribution in [0.2, 0.25) is 0 Å². The van der Waals surface area contributed by atoms with Crippen LogP contribution < -0.4 is 10.1 Å². The Labute approximate surface area is 110 Å². The van der Waals surface area contributed by atoms with E-state index >= 15 is 0 Å². The highest BCUT2D eigenvalue weighted by atomic mass is 16.5. The molecule has 102 valence electrons. The zero-order valence-electron chi connectivity index (χ0n) is 11.7. The third-order valence-corrected chi connectivity index (χ3v) is 2.60. The summed E-state index contributed by atoms with van der Waals surface area (Å²) in [7, 11) is 1.71. The Hall–Kier alpha value is -1.06. The Morgan fingerprint density at radius 2 is 2.00 bits per heavy atom. The molecule has 0 spiro atoms. The van der Waals surface area contributed by atoms with Gasteiger partial charge in [-0.2, -0.15) is 0 Å². The Balaban J connectivity index is 2.10. The lowest BCUT2D eigenvalue weighted by Gasteiger charge is -2.10. The number of hydrogen-bond acceptors (Lipinski definition) is 3. The van der Waals surface area contributed by atoms with Crippen molar-refractivity contribution in [3.8, 4) is 5.75 Å². The second kappa shape index (κ2) is 8.95. The van der Waals surface area contributed by atoms with Crippen molar-refractivity contribution in [2.45, 2.75) is 26.8 Å². The van der Waals surface area contributed by atoms with Crippen LogP contribution in [0.4, 0.5) is 0 Å². The number of para-hydroxylation sites is 1. The van der Waals surface area contributed by atoms with Crippen molar-refractivity contribution in [3.63, 3.8) is 0 Å². The molecular weight excluding hydrogens is 226 g/mol. The lowest BCUT2D eigenvalue weighted by Crippen LogP contribution is -2.17. The molecule has 0 unspecified atom stereocenters. The van der Waals surface area contributed by atoms with Crippen LogP contribution in [0, 0.1) is 5.92 Å². The highest BCUT2D eigenvalue weighted by Crippen LogP contribution is 2.16. The van der Waals surface area contributed by atoms with Crippen molar-refractivity contribution in [3.05, 3.63) is 29.8 Å². The SMILES string of the molecule is COc1ccccc1CNCCCOCC(C)C. The van der Waals surface area contributed by atoms with Crippen molar-refractivity contribution in [1.29, 1.82) is 0 Å². The van der Waals surface area contributed by atoms with Crippen LogP contribution in [0.5, 0.6) is 5.75 Å². The summed E-state index contributed by atoms with van der Waals surface area (Å²) in [6.45, 7) is 7.83. The van der Waals surface area contributed by atoms with E-state index in [-0.39, 0.29) is 0 Å². The fourth-order valence-electron chi connectivity index (χ4n) is 1.69. The molecule has 3 heteroatoms. The molecule has 0 fully saturated rings. The minimum Gasteiger partial charge on any atom is -0.496 e. The summed E-state index contributed by atoms with van der Waals surface area (Å²) in [4.78, 5) is 0. The van der Waals surface area contributed by atoms with Crippen molar-refractivity contribution in [1.82, 2.24) is 5.32 Å². The second-order valence-corrected chi connectivity index (χ2v) is 4.81. The van der Waals surface area contributed by atoms with Gasteiger partial charge in [0.15, 0.2) is 0 Å². The van der Waals surface area contributed by atoms with E-state index in [9.17, 15) is 0 Å². The van der Waals surface area contributed by atoms with Gasteiger partial charge in [-0.3, -0.25) is 0 Å². The van der Waals surface area contributed by atoms with E-state index in [1.807, 2.05) is 18.2 Å². The lowest BCUT2D eigenvalue weighted by atomic mass is 10.2. The molecule has 18 heavy (non-hydrogen) atoms. The van der Waals surface area contributed by atoms with Gasteiger partial charge in [0.1, 0.15) is 5.75 Å². The van der Waals surface area contributed by atoms with Crippen LogP contribution >= 0.6 is 0 Å². The minimum absolute atomic E-state index is 0.617. The molecule has 0 amide bonds. The molecule has 1 N–H and O–H groups in total. The first kappa shape index (κ1) is 15.0. The topological polar surface area (TPSA) is 30.5 Å².